The smallest absolute Gasteiger partial charge is 0.360 e. The maximum atomic E-state index is 12.7. The number of aryl methyl sites for hydroxylation is 1. The first-order valence-corrected chi connectivity index (χ1v) is 13.6. The van der Waals surface area contributed by atoms with Gasteiger partial charge in [-0.3, -0.25) is 4.55 Å². The molecule has 0 fully saturated rings. The lowest BCUT2D eigenvalue weighted by Gasteiger charge is -2.22. The highest BCUT2D eigenvalue weighted by molar-refractivity contribution is 7.91. The van der Waals surface area contributed by atoms with E-state index in [0.29, 0.717) is 15.6 Å². The van der Waals surface area contributed by atoms with Crippen molar-refractivity contribution in [3.8, 4) is 11.5 Å². The highest BCUT2D eigenvalue weighted by Crippen LogP contribution is 2.44. The van der Waals surface area contributed by atoms with Crippen LogP contribution in [0.4, 0.5) is 10.7 Å². The van der Waals surface area contributed by atoms with E-state index in [9.17, 15) is 22.0 Å². The van der Waals surface area contributed by atoms with Gasteiger partial charge >= 0.3 is 5.97 Å². The molecule has 4 aromatic rings. The van der Waals surface area contributed by atoms with Crippen LogP contribution in [0.1, 0.15) is 16.1 Å². The number of ether oxygens (including phenoxy) is 1. The van der Waals surface area contributed by atoms with Crippen LogP contribution in [0.2, 0.25) is 5.02 Å². The van der Waals surface area contributed by atoms with Crippen LogP contribution in [0.5, 0.6) is 0 Å². The van der Waals surface area contributed by atoms with Crippen molar-refractivity contribution in [2.75, 3.05) is 17.7 Å². The van der Waals surface area contributed by atoms with Crippen LogP contribution in [0.15, 0.2) is 52.0 Å². The molecule has 9 nitrogen and oxygen atoms in total. The number of benzene rings is 2. The van der Waals surface area contributed by atoms with E-state index in [0.717, 1.165) is 26.9 Å². The third kappa shape index (κ3) is 4.46. The molecule has 0 aliphatic heterocycles. The Bertz CT molecular complexity index is 1560. The zero-order chi connectivity index (χ0) is 24.8. The van der Waals surface area contributed by atoms with Gasteiger partial charge in [-0.15, -0.1) is 11.3 Å². The highest BCUT2D eigenvalue weighted by atomic mass is 35.5. The Labute approximate surface area is 206 Å². The van der Waals surface area contributed by atoms with Crippen LogP contribution in [0.3, 0.4) is 0 Å². The molecule has 1 unspecified atom stereocenters. The number of hydrogen-bond donors (Lipinski definition) is 1. The van der Waals surface area contributed by atoms with Crippen LogP contribution in [0.25, 0.3) is 21.5 Å². The molecule has 0 saturated heterocycles. The van der Waals surface area contributed by atoms with Crippen molar-refractivity contribution in [1.29, 1.82) is 0 Å². The van der Waals surface area contributed by atoms with E-state index in [1.54, 1.807) is 25.1 Å². The second-order valence-electron chi connectivity index (χ2n) is 7.18. The van der Waals surface area contributed by atoms with Gasteiger partial charge in [0.1, 0.15) is 11.3 Å². The minimum Gasteiger partial charge on any atom is -0.464 e. The molecule has 0 bridgehead atoms. The van der Waals surface area contributed by atoms with Gasteiger partial charge < -0.3 is 9.15 Å². The zero-order valence-corrected chi connectivity index (χ0v) is 21.1. The molecule has 0 aliphatic rings. The number of nitrogens with zero attached hydrogens (tertiary/aromatic N) is 2. The molecular weight excluding hydrogens is 524 g/mol. The van der Waals surface area contributed by atoms with E-state index in [4.69, 9.17) is 16.0 Å². The number of carbonyl (C=O) groups is 1. The van der Waals surface area contributed by atoms with Crippen molar-refractivity contribution in [2.24, 2.45) is 0 Å². The number of esters is 1. The second kappa shape index (κ2) is 9.12. The first-order valence-electron chi connectivity index (χ1n) is 9.49. The van der Waals surface area contributed by atoms with Gasteiger partial charge in [0.25, 0.3) is 11.3 Å². The van der Waals surface area contributed by atoms with Gasteiger partial charge in [0.2, 0.25) is 5.89 Å². The van der Waals surface area contributed by atoms with Gasteiger partial charge in [-0.05, 0) is 54.3 Å². The molecule has 2 aromatic carbocycles. The number of hydrogen-bond acceptors (Lipinski definition) is 8. The van der Waals surface area contributed by atoms with E-state index in [1.807, 2.05) is 0 Å². The number of sulfone groups is 1. The number of aromatic nitrogens is 1. The summed E-state index contributed by atoms with van der Waals surface area (Å²) >= 11 is 4.74. The number of halogens is 1. The molecule has 0 amide bonds. The average molecular weight is 541 g/mol. The van der Waals surface area contributed by atoms with E-state index in [2.05, 4.69) is 9.72 Å². The predicted molar refractivity (Wildman–Crippen MR) is 131 cm³/mol. The Morgan fingerprint density at radius 2 is 2.00 bits per heavy atom. The van der Waals surface area contributed by atoms with Crippen molar-refractivity contribution in [1.82, 2.24) is 4.98 Å². The fourth-order valence-electron chi connectivity index (χ4n) is 3.35. The summed E-state index contributed by atoms with van der Waals surface area (Å²) in [4.78, 5) is 15.5. The summed E-state index contributed by atoms with van der Waals surface area (Å²) in [6.45, 7) is 1.76. The van der Waals surface area contributed by atoms with Crippen LogP contribution in [0, 0.1) is 6.92 Å². The monoisotopic (exact) mass is 540 g/mol. The lowest BCUT2D eigenvalue weighted by molar-refractivity contribution is 0.0594. The topological polar surface area (TPSA) is 127 Å². The number of oxazole rings is 1. The third-order valence-corrected chi connectivity index (χ3v) is 8.36. The number of anilines is 2. The maximum Gasteiger partial charge on any atom is 0.360 e. The quantitative estimate of drug-likeness (QED) is 0.268. The summed E-state index contributed by atoms with van der Waals surface area (Å²) in [5.74, 6) is -0.724. The zero-order valence-electron chi connectivity index (χ0n) is 17.9. The second-order valence-corrected chi connectivity index (χ2v) is 11.5. The molecule has 13 heteroatoms. The third-order valence-electron chi connectivity index (χ3n) is 4.94. The molecule has 34 heavy (non-hydrogen) atoms. The van der Waals surface area contributed by atoms with Crippen molar-refractivity contribution in [2.45, 2.75) is 11.8 Å². The SMILES string of the molecule is COC(=O)c1coc(-c2ccc(N(c3sc4ccc(Cl)cc4c3C)S(=O)O)c(S(C)(=O)=O)c2)n1. The lowest BCUT2D eigenvalue weighted by Crippen LogP contribution is -2.21. The van der Waals surface area contributed by atoms with Crippen LogP contribution in [-0.4, -0.2) is 41.5 Å². The number of carbonyl (C=O) groups excluding carboxylic acids is 1. The first kappa shape index (κ1) is 24.4. The molecule has 0 aliphatic carbocycles. The molecular formula is C21H17ClN2O7S3. The van der Waals surface area contributed by atoms with E-state index in [1.165, 1.54) is 36.6 Å². The van der Waals surface area contributed by atoms with E-state index >= 15 is 0 Å². The summed E-state index contributed by atoms with van der Waals surface area (Å²) in [5.41, 5.74) is 0.833. The minimum absolute atomic E-state index is 0.00687. The lowest BCUT2D eigenvalue weighted by atomic mass is 10.1. The number of rotatable bonds is 6. The predicted octanol–water partition coefficient (Wildman–Crippen LogP) is 4.98. The summed E-state index contributed by atoms with van der Waals surface area (Å²) in [6, 6.07) is 9.39. The van der Waals surface area contributed by atoms with E-state index < -0.39 is 27.1 Å². The van der Waals surface area contributed by atoms with Crippen molar-refractivity contribution in [3.05, 3.63) is 58.9 Å². The summed E-state index contributed by atoms with van der Waals surface area (Å²) in [5, 5.41) is 1.69. The normalized spacial score (nSPS) is 12.6. The largest absolute Gasteiger partial charge is 0.464 e. The van der Waals surface area contributed by atoms with Crippen molar-refractivity contribution < 1.29 is 31.1 Å². The maximum absolute atomic E-state index is 12.7. The molecule has 2 heterocycles. The number of fused-ring (bicyclic) bond motifs is 1. The van der Waals surface area contributed by atoms with Crippen LogP contribution < -0.4 is 4.31 Å². The fourth-order valence-corrected chi connectivity index (χ4v) is 6.49. The number of thiophene rings is 1. The Kier molecular flexibility index (Phi) is 6.53. The fraction of sp³-hybridized carbons (Fsp3) is 0.143. The van der Waals surface area contributed by atoms with E-state index in [-0.39, 0.29) is 27.7 Å². The van der Waals surface area contributed by atoms with Crippen molar-refractivity contribution in [3.63, 3.8) is 0 Å². The molecule has 2 aromatic heterocycles. The molecule has 1 N–H and O–H groups in total. The summed E-state index contributed by atoms with van der Waals surface area (Å²) in [7, 11) is -2.68. The Morgan fingerprint density at radius 1 is 1.26 bits per heavy atom. The molecule has 0 spiro atoms. The van der Waals surface area contributed by atoms with Gasteiger partial charge in [-0.25, -0.2) is 26.7 Å². The molecule has 178 valence electrons. The van der Waals surface area contributed by atoms with Crippen LogP contribution >= 0.6 is 22.9 Å². The molecule has 4 rings (SSSR count). The van der Waals surface area contributed by atoms with Gasteiger partial charge in [0, 0.05) is 21.5 Å². The van der Waals surface area contributed by atoms with Gasteiger partial charge in [-0.1, -0.05) is 11.6 Å². The average Bonchev–Trinajstić information content (AvgIpc) is 3.39. The molecule has 0 saturated carbocycles. The Morgan fingerprint density at radius 3 is 2.65 bits per heavy atom. The minimum atomic E-state index is -3.88. The number of methoxy groups -OCH3 is 1. The summed E-state index contributed by atoms with van der Waals surface area (Å²) < 4.78 is 59.9. The van der Waals surface area contributed by atoms with Gasteiger partial charge in [0.05, 0.1) is 17.7 Å². The molecule has 0 radical (unpaired) electrons. The highest BCUT2D eigenvalue weighted by Gasteiger charge is 2.28. The Hall–Kier alpha value is -2.77. The summed E-state index contributed by atoms with van der Waals surface area (Å²) in [6.07, 6.45) is 2.08. The molecule has 1 atom stereocenters. The Balaban J connectivity index is 1.90. The van der Waals surface area contributed by atoms with Crippen LogP contribution in [-0.2, 0) is 25.8 Å². The van der Waals surface area contributed by atoms with Gasteiger partial charge in [-0.2, -0.15) is 0 Å². The van der Waals surface area contributed by atoms with Gasteiger partial charge in [0.15, 0.2) is 15.5 Å². The first-order chi connectivity index (χ1) is 16.0. The van der Waals surface area contributed by atoms with Crippen molar-refractivity contribution >= 4 is 70.8 Å². The standard InChI is InChI=1S/C21H17ClN2O7S3/c1-11-14-9-13(22)5-7-17(14)32-20(11)24(33(26)27)16-6-4-12(8-18(16)34(3,28)29)19-23-15(10-31-19)21(25)30-2/h4-10H,1-3H3,(H,26,27).